The van der Waals surface area contributed by atoms with Gasteiger partial charge in [0.2, 0.25) is 0 Å². The molecular formula is C18H22FN3OS. The topological polar surface area (TPSA) is 45.2 Å². The minimum Gasteiger partial charge on any atom is -0.335 e. The number of hydrogen-bond donors (Lipinski definition) is 1. The lowest BCUT2D eigenvalue weighted by Crippen LogP contribution is -2.41. The molecule has 1 saturated carbocycles. The Hall–Kier alpha value is -1.95. The molecule has 3 rings (SSSR count). The number of rotatable bonds is 4. The van der Waals surface area contributed by atoms with Gasteiger partial charge >= 0.3 is 6.03 Å². The molecule has 128 valence electrons. The van der Waals surface area contributed by atoms with Gasteiger partial charge < -0.3 is 10.2 Å². The van der Waals surface area contributed by atoms with E-state index in [1.165, 1.54) is 6.07 Å². The van der Waals surface area contributed by atoms with Gasteiger partial charge in [0.05, 0.1) is 17.7 Å². The number of nitrogens with zero attached hydrogens (tertiary/aromatic N) is 2. The van der Waals surface area contributed by atoms with Gasteiger partial charge in [-0.3, -0.25) is 0 Å². The molecule has 1 aromatic heterocycles. The normalized spacial score (nSPS) is 20.1. The first-order valence-electron chi connectivity index (χ1n) is 8.19. The van der Waals surface area contributed by atoms with Crippen molar-refractivity contribution in [1.29, 1.82) is 0 Å². The molecule has 1 aromatic carbocycles. The predicted molar refractivity (Wildman–Crippen MR) is 93.6 cm³/mol. The van der Waals surface area contributed by atoms with Crippen LogP contribution in [0.15, 0.2) is 29.8 Å². The van der Waals surface area contributed by atoms with E-state index in [0.717, 1.165) is 35.4 Å². The number of aryl methyl sites for hydroxylation is 1. The molecule has 0 radical (unpaired) electrons. The van der Waals surface area contributed by atoms with Crippen molar-refractivity contribution in [3.8, 4) is 0 Å². The fourth-order valence-electron chi connectivity index (χ4n) is 3.23. The molecule has 1 aliphatic carbocycles. The highest BCUT2D eigenvalue weighted by atomic mass is 32.1. The van der Waals surface area contributed by atoms with Crippen LogP contribution in [0.1, 0.15) is 41.3 Å². The van der Waals surface area contributed by atoms with Gasteiger partial charge in [-0.25, -0.2) is 14.2 Å². The average Bonchev–Trinajstić information content (AvgIpc) is 3.17. The summed E-state index contributed by atoms with van der Waals surface area (Å²) < 4.78 is 13.4. The first-order valence-corrected chi connectivity index (χ1v) is 9.07. The van der Waals surface area contributed by atoms with Gasteiger partial charge in [-0.2, -0.15) is 0 Å². The second kappa shape index (κ2) is 7.30. The van der Waals surface area contributed by atoms with Crippen LogP contribution in [0.2, 0.25) is 0 Å². The smallest absolute Gasteiger partial charge is 0.317 e. The molecule has 2 amide bonds. The van der Waals surface area contributed by atoms with Crippen LogP contribution in [0.5, 0.6) is 0 Å². The zero-order chi connectivity index (χ0) is 17.1. The number of hydrogen-bond acceptors (Lipinski definition) is 3. The summed E-state index contributed by atoms with van der Waals surface area (Å²) in [4.78, 5) is 19.4. The minimum atomic E-state index is -0.195. The van der Waals surface area contributed by atoms with Gasteiger partial charge in [-0.1, -0.05) is 12.1 Å². The molecule has 0 aliphatic heterocycles. The number of urea groups is 1. The number of nitrogens with one attached hydrogen (secondary N) is 1. The number of carbonyl (C=O) groups is 1. The Kier molecular flexibility index (Phi) is 5.14. The molecule has 1 fully saturated rings. The standard InChI is InChI=1S/C18H22FN3OS/c1-12-17(24-11-20-12)10-22(2)18(23)21-16-7-6-14(9-16)13-4-3-5-15(19)8-13/h3-5,8,11,14,16H,6-7,9-10H2,1-2H3,(H,21,23)/t14-,16+/m0/s1. The molecule has 2 aromatic rings. The maximum absolute atomic E-state index is 13.4. The maximum Gasteiger partial charge on any atom is 0.317 e. The quantitative estimate of drug-likeness (QED) is 0.906. The molecular weight excluding hydrogens is 325 g/mol. The van der Waals surface area contributed by atoms with Gasteiger partial charge in [0, 0.05) is 18.0 Å². The number of carbonyl (C=O) groups excluding carboxylic acids is 1. The summed E-state index contributed by atoms with van der Waals surface area (Å²) in [6, 6.07) is 6.88. The van der Waals surface area contributed by atoms with Crippen molar-refractivity contribution in [2.24, 2.45) is 0 Å². The molecule has 1 aliphatic rings. The highest BCUT2D eigenvalue weighted by Gasteiger charge is 2.28. The van der Waals surface area contributed by atoms with Crippen LogP contribution in [0, 0.1) is 12.7 Å². The number of benzene rings is 1. The highest BCUT2D eigenvalue weighted by Crippen LogP contribution is 2.34. The molecule has 4 nitrogen and oxygen atoms in total. The Balaban J connectivity index is 1.53. The number of halogens is 1. The third-order valence-electron chi connectivity index (χ3n) is 4.65. The highest BCUT2D eigenvalue weighted by molar-refractivity contribution is 7.09. The molecule has 24 heavy (non-hydrogen) atoms. The van der Waals surface area contributed by atoms with Crippen LogP contribution in [0.3, 0.4) is 0 Å². The summed E-state index contributed by atoms with van der Waals surface area (Å²) in [5.74, 6) is 0.125. The Morgan fingerprint density at radius 3 is 3.00 bits per heavy atom. The number of amides is 2. The Bertz CT molecular complexity index is 718. The Morgan fingerprint density at radius 2 is 2.29 bits per heavy atom. The molecule has 1 N–H and O–H groups in total. The molecule has 0 spiro atoms. The Morgan fingerprint density at radius 1 is 1.46 bits per heavy atom. The average molecular weight is 347 g/mol. The third-order valence-corrected chi connectivity index (χ3v) is 5.57. The van der Waals surface area contributed by atoms with Crippen molar-refractivity contribution in [1.82, 2.24) is 15.2 Å². The van der Waals surface area contributed by atoms with Crippen LogP contribution in [0.4, 0.5) is 9.18 Å². The van der Waals surface area contributed by atoms with Gasteiger partial charge in [0.25, 0.3) is 0 Å². The molecule has 0 bridgehead atoms. The fraction of sp³-hybridized carbons (Fsp3) is 0.444. The number of thiazole rings is 1. The first kappa shape index (κ1) is 16.9. The van der Waals surface area contributed by atoms with Crippen molar-refractivity contribution in [3.63, 3.8) is 0 Å². The van der Waals surface area contributed by atoms with Crippen LogP contribution in [0.25, 0.3) is 0 Å². The second-order valence-corrected chi connectivity index (χ2v) is 7.37. The lowest BCUT2D eigenvalue weighted by Gasteiger charge is -2.21. The molecule has 2 atom stereocenters. The van der Waals surface area contributed by atoms with E-state index in [9.17, 15) is 9.18 Å². The zero-order valence-corrected chi connectivity index (χ0v) is 14.8. The van der Waals surface area contributed by atoms with Crippen LogP contribution in [-0.4, -0.2) is 29.0 Å². The zero-order valence-electron chi connectivity index (χ0n) is 14.0. The molecule has 0 saturated heterocycles. The van der Waals surface area contributed by atoms with Crippen molar-refractivity contribution in [2.75, 3.05) is 7.05 Å². The predicted octanol–water partition coefficient (Wildman–Crippen LogP) is 4.07. The second-order valence-electron chi connectivity index (χ2n) is 6.43. The van der Waals surface area contributed by atoms with E-state index in [1.807, 2.05) is 13.0 Å². The Labute approximate surface area is 145 Å². The molecule has 0 unspecified atom stereocenters. The summed E-state index contributed by atoms with van der Waals surface area (Å²) in [6.07, 6.45) is 2.77. The fourth-order valence-corrected chi connectivity index (χ4v) is 4.06. The summed E-state index contributed by atoms with van der Waals surface area (Å²) in [6.45, 7) is 2.53. The monoisotopic (exact) mass is 347 g/mol. The summed E-state index contributed by atoms with van der Waals surface area (Å²) >= 11 is 1.57. The maximum atomic E-state index is 13.4. The van der Waals surface area contributed by atoms with E-state index in [0.29, 0.717) is 12.5 Å². The number of aromatic nitrogens is 1. The summed E-state index contributed by atoms with van der Waals surface area (Å²) in [5, 5.41) is 3.10. The van der Waals surface area contributed by atoms with E-state index < -0.39 is 0 Å². The summed E-state index contributed by atoms with van der Waals surface area (Å²) in [7, 11) is 1.80. The van der Waals surface area contributed by atoms with Crippen LogP contribution >= 0.6 is 11.3 Å². The lowest BCUT2D eigenvalue weighted by atomic mass is 9.97. The van der Waals surface area contributed by atoms with Crippen molar-refractivity contribution < 1.29 is 9.18 Å². The van der Waals surface area contributed by atoms with Gasteiger partial charge in [-0.05, 0) is 49.8 Å². The van der Waals surface area contributed by atoms with Gasteiger partial charge in [0.1, 0.15) is 5.82 Å². The van der Waals surface area contributed by atoms with Gasteiger partial charge in [0.15, 0.2) is 0 Å². The van der Waals surface area contributed by atoms with Crippen molar-refractivity contribution in [2.45, 2.75) is 44.7 Å². The SMILES string of the molecule is Cc1ncsc1CN(C)C(=O)N[C@@H]1CC[C@H](c2cccc(F)c2)C1. The van der Waals surface area contributed by atoms with E-state index >= 15 is 0 Å². The van der Waals surface area contributed by atoms with E-state index in [1.54, 1.807) is 40.9 Å². The van der Waals surface area contributed by atoms with E-state index in [2.05, 4.69) is 10.3 Å². The molecule has 6 heteroatoms. The van der Waals surface area contributed by atoms with Crippen molar-refractivity contribution >= 4 is 17.4 Å². The molecule has 1 heterocycles. The van der Waals surface area contributed by atoms with E-state index in [4.69, 9.17) is 0 Å². The van der Waals surface area contributed by atoms with Crippen molar-refractivity contribution in [3.05, 3.63) is 51.7 Å². The third kappa shape index (κ3) is 3.93. The largest absolute Gasteiger partial charge is 0.335 e. The van der Waals surface area contributed by atoms with Gasteiger partial charge in [-0.15, -0.1) is 11.3 Å². The lowest BCUT2D eigenvalue weighted by molar-refractivity contribution is 0.203. The minimum absolute atomic E-state index is 0.0623. The first-order chi connectivity index (χ1) is 11.5. The summed E-state index contributed by atoms with van der Waals surface area (Å²) in [5.41, 5.74) is 3.81. The van der Waals surface area contributed by atoms with Crippen LogP contribution < -0.4 is 5.32 Å². The van der Waals surface area contributed by atoms with Crippen LogP contribution in [-0.2, 0) is 6.54 Å². The van der Waals surface area contributed by atoms with E-state index in [-0.39, 0.29) is 17.9 Å².